The molecule has 7 heteroatoms. The van der Waals surface area contributed by atoms with E-state index in [1.807, 2.05) is 13.0 Å². The Morgan fingerprint density at radius 2 is 2.20 bits per heavy atom. The number of carbonyl (C=O) groups excluding carboxylic acids is 2. The quantitative estimate of drug-likeness (QED) is 0.643. The van der Waals surface area contributed by atoms with Gasteiger partial charge in [-0.25, -0.2) is 5.43 Å². The summed E-state index contributed by atoms with van der Waals surface area (Å²) in [5.74, 6) is -0.492. The number of nitrogens with one attached hydrogen (secondary N) is 4. The van der Waals surface area contributed by atoms with Crippen LogP contribution in [0.15, 0.2) is 28.7 Å². The predicted molar refractivity (Wildman–Crippen MR) is 78.8 cm³/mol. The minimum absolute atomic E-state index is 0.0437. The van der Waals surface area contributed by atoms with Gasteiger partial charge in [0.15, 0.2) is 0 Å². The predicted octanol–water partition coefficient (Wildman–Crippen LogP) is 0.508. The van der Waals surface area contributed by atoms with Gasteiger partial charge in [-0.15, -0.1) is 0 Å². The van der Waals surface area contributed by atoms with Crippen LogP contribution < -0.4 is 21.5 Å². The van der Waals surface area contributed by atoms with Crippen molar-refractivity contribution in [3.05, 3.63) is 34.3 Å². The summed E-state index contributed by atoms with van der Waals surface area (Å²) >= 11 is 3.30. The first-order chi connectivity index (χ1) is 9.54. The van der Waals surface area contributed by atoms with E-state index in [0.29, 0.717) is 11.6 Å². The lowest BCUT2D eigenvalue weighted by Gasteiger charge is -2.12. The molecule has 1 heterocycles. The first-order valence-corrected chi connectivity index (χ1v) is 7.18. The van der Waals surface area contributed by atoms with Crippen LogP contribution in [0.3, 0.4) is 0 Å². The van der Waals surface area contributed by atoms with E-state index < -0.39 is 0 Å². The van der Waals surface area contributed by atoms with Crippen molar-refractivity contribution in [1.29, 1.82) is 0 Å². The molecule has 1 aromatic carbocycles. The third-order valence-electron chi connectivity index (χ3n) is 2.92. The van der Waals surface area contributed by atoms with Crippen molar-refractivity contribution in [1.82, 2.24) is 21.5 Å². The smallest absolute Gasteiger partial charge is 0.251 e. The average molecular weight is 341 g/mol. The Hall–Kier alpha value is -1.44. The van der Waals surface area contributed by atoms with Gasteiger partial charge < -0.3 is 10.6 Å². The number of hydrogen-bond acceptors (Lipinski definition) is 4. The lowest BCUT2D eigenvalue weighted by molar-refractivity contribution is -0.120. The number of rotatable bonds is 4. The Morgan fingerprint density at radius 3 is 2.85 bits per heavy atom. The molecule has 1 fully saturated rings. The van der Waals surface area contributed by atoms with E-state index in [1.165, 1.54) is 0 Å². The van der Waals surface area contributed by atoms with Gasteiger partial charge in [0.2, 0.25) is 5.91 Å². The summed E-state index contributed by atoms with van der Waals surface area (Å²) in [6, 6.07) is 7.33. The van der Waals surface area contributed by atoms with Crippen molar-refractivity contribution >= 4 is 27.7 Å². The normalized spacial score (nSPS) is 21.5. The summed E-state index contributed by atoms with van der Waals surface area (Å²) in [7, 11) is 0. The molecule has 1 aromatic rings. The molecule has 6 nitrogen and oxygen atoms in total. The second kappa shape index (κ2) is 6.83. The number of halogens is 1. The molecular formula is C13H17BrN4O2. The summed E-state index contributed by atoms with van der Waals surface area (Å²) in [6.45, 7) is 1.98. The van der Waals surface area contributed by atoms with Gasteiger partial charge in [-0.05, 0) is 31.5 Å². The molecule has 0 aliphatic carbocycles. The maximum atomic E-state index is 11.9. The standard InChI is InChI=1S/C13H17BrN4O2/c1-8-5-11(18-17-8)16-12(19)7-15-13(20)9-3-2-4-10(14)6-9/h2-4,6,8,11,17-18H,5,7H2,1H3,(H,15,20)(H,16,19). The molecule has 1 aliphatic rings. The van der Waals surface area contributed by atoms with Crippen LogP contribution in [0.4, 0.5) is 0 Å². The van der Waals surface area contributed by atoms with E-state index in [4.69, 9.17) is 0 Å². The second-order valence-corrected chi connectivity index (χ2v) is 5.65. The van der Waals surface area contributed by atoms with Gasteiger partial charge in [0.25, 0.3) is 5.91 Å². The SMILES string of the molecule is CC1CC(NC(=O)CNC(=O)c2cccc(Br)c2)NN1. The third-order valence-corrected chi connectivity index (χ3v) is 3.42. The third kappa shape index (κ3) is 4.29. The maximum Gasteiger partial charge on any atom is 0.251 e. The van der Waals surface area contributed by atoms with Gasteiger partial charge in [-0.1, -0.05) is 22.0 Å². The van der Waals surface area contributed by atoms with Gasteiger partial charge in [0, 0.05) is 16.1 Å². The molecule has 2 rings (SSSR count). The van der Waals surface area contributed by atoms with Crippen LogP contribution in [0, 0.1) is 0 Å². The Labute approximate surface area is 125 Å². The highest BCUT2D eigenvalue weighted by Crippen LogP contribution is 2.11. The first kappa shape index (κ1) is 15.0. The van der Waals surface area contributed by atoms with Gasteiger partial charge in [-0.3, -0.25) is 15.0 Å². The monoisotopic (exact) mass is 340 g/mol. The summed E-state index contributed by atoms with van der Waals surface area (Å²) in [4.78, 5) is 23.6. The molecule has 0 aromatic heterocycles. The minimum Gasteiger partial charge on any atom is -0.343 e. The van der Waals surface area contributed by atoms with Crippen LogP contribution in [-0.2, 0) is 4.79 Å². The highest BCUT2D eigenvalue weighted by molar-refractivity contribution is 9.10. The maximum absolute atomic E-state index is 11.9. The number of amides is 2. The van der Waals surface area contributed by atoms with Crippen LogP contribution >= 0.6 is 15.9 Å². The van der Waals surface area contributed by atoms with Crippen LogP contribution in [-0.4, -0.2) is 30.6 Å². The molecule has 4 N–H and O–H groups in total. The molecular weight excluding hydrogens is 324 g/mol. The zero-order chi connectivity index (χ0) is 14.5. The van der Waals surface area contributed by atoms with E-state index >= 15 is 0 Å². The van der Waals surface area contributed by atoms with Crippen LogP contribution in [0.25, 0.3) is 0 Å². The molecule has 2 unspecified atom stereocenters. The van der Waals surface area contributed by atoms with Gasteiger partial charge in [-0.2, -0.15) is 0 Å². The number of carbonyl (C=O) groups is 2. The number of hydrogen-bond donors (Lipinski definition) is 4. The molecule has 108 valence electrons. The molecule has 0 bridgehead atoms. The fourth-order valence-electron chi connectivity index (χ4n) is 1.95. The minimum atomic E-state index is -0.271. The van der Waals surface area contributed by atoms with Gasteiger partial charge >= 0.3 is 0 Å². The molecule has 0 radical (unpaired) electrons. The van der Waals surface area contributed by atoms with Crippen LogP contribution in [0.2, 0.25) is 0 Å². The average Bonchev–Trinajstić information content (AvgIpc) is 2.81. The highest BCUT2D eigenvalue weighted by Gasteiger charge is 2.21. The van der Waals surface area contributed by atoms with E-state index in [0.717, 1.165) is 10.9 Å². The second-order valence-electron chi connectivity index (χ2n) is 4.74. The van der Waals surface area contributed by atoms with Crippen molar-refractivity contribution in [2.45, 2.75) is 25.6 Å². The topological polar surface area (TPSA) is 82.3 Å². The van der Waals surface area contributed by atoms with Crippen LogP contribution in [0.1, 0.15) is 23.7 Å². The van der Waals surface area contributed by atoms with Gasteiger partial charge in [0.1, 0.15) is 0 Å². The number of benzene rings is 1. The summed E-state index contributed by atoms with van der Waals surface area (Å²) in [6.07, 6.45) is 0.714. The van der Waals surface area contributed by atoms with Crippen LogP contribution in [0.5, 0.6) is 0 Å². The van der Waals surface area contributed by atoms with E-state index in [9.17, 15) is 9.59 Å². The molecule has 1 saturated heterocycles. The Kier molecular flexibility index (Phi) is 5.11. The fraction of sp³-hybridized carbons (Fsp3) is 0.385. The van der Waals surface area contributed by atoms with E-state index in [2.05, 4.69) is 37.4 Å². The largest absolute Gasteiger partial charge is 0.343 e. The van der Waals surface area contributed by atoms with E-state index in [1.54, 1.807) is 18.2 Å². The van der Waals surface area contributed by atoms with Crippen molar-refractivity contribution in [3.8, 4) is 0 Å². The Morgan fingerprint density at radius 1 is 1.40 bits per heavy atom. The molecule has 2 amide bonds. The summed E-state index contributed by atoms with van der Waals surface area (Å²) in [5, 5.41) is 5.38. The Balaban J connectivity index is 1.77. The summed E-state index contributed by atoms with van der Waals surface area (Å²) in [5.41, 5.74) is 6.49. The number of hydrazine groups is 1. The molecule has 0 spiro atoms. The summed E-state index contributed by atoms with van der Waals surface area (Å²) < 4.78 is 0.824. The molecule has 0 saturated carbocycles. The zero-order valence-corrected chi connectivity index (χ0v) is 12.7. The zero-order valence-electron chi connectivity index (χ0n) is 11.1. The van der Waals surface area contributed by atoms with Crippen molar-refractivity contribution in [3.63, 3.8) is 0 Å². The highest BCUT2D eigenvalue weighted by atomic mass is 79.9. The Bertz CT molecular complexity index is 509. The van der Waals surface area contributed by atoms with Crippen molar-refractivity contribution in [2.24, 2.45) is 0 Å². The molecule has 20 heavy (non-hydrogen) atoms. The fourth-order valence-corrected chi connectivity index (χ4v) is 2.35. The van der Waals surface area contributed by atoms with E-state index in [-0.39, 0.29) is 24.5 Å². The molecule has 1 aliphatic heterocycles. The van der Waals surface area contributed by atoms with Crippen molar-refractivity contribution < 1.29 is 9.59 Å². The lowest BCUT2D eigenvalue weighted by atomic mass is 10.2. The molecule has 2 atom stereocenters. The van der Waals surface area contributed by atoms with Crippen molar-refractivity contribution in [2.75, 3.05) is 6.54 Å². The first-order valence-electron chi connectivity index (χ1n) is 6.39. The lowest BCUT2D eigenvalue weighted by Crippen LogP contribution is -2.47. The van der Waals surface area contributed by atoms with Gasteiger partial charge in [0.05, 0.1) is 12.7 Å².